The molecule has 11 atom stereocenters. The summed E-state index contributed by atoms with van der Waals surface area (Å²) in [6.07, 6.45) is -10.1. The molecule has 52 heavy (non-hydrogen) atoms. The Kier molecular flexibility index (Phi) is 11.9. The molecule has 3 heterocycles. The molecule has 0 radical (unpaired) electrons. The van der Waals surface area contributed by atoms with E-state index in [1.54, 1.807) is 28.4 Å². The van der Waals surface area contributed by atoms with Crippen molar-refractivity contribution in [3.8, 4) is 34.5 Å². The normalized spacial score (nSPS) is 33.8. The molecule has 290 valence electrons. The summed E-state index contributed by atoms with van der Waals surface area (Å²) in [6.45, 7) is -1.32. The van der Waals surface area contributed by atoms with Crippen LogP contribution in [0.15, 0.2) is 18.2 Å². The molecule has 4 aliphatic rings. The molecule has 6 N–H and O–H groups in total. The lowest BCUT2D eigenvalue weighted by molar-refractivity contribution is -0.312. The van der Waals surface area contributed by atoms with Crippen LogP contribution in [0, 0.1) is 11.8 Å². The number of benzene rings is 2. The average molecular weight is 741 g/mol. The van der Waals surface area contributed by atoms with Crippen LogP contribution < -0.4 is 28.4 Å². The molecule has 0 spiro atoms. The monoisotopic (exact) mass is 740 g/mol. The van der Waals surface area contributed by atoms with E-state index in [4.69, 9.17) is 52.1 Å². The molecule has 3 aliphatic heterocycles. The van der Waals surface area contributed by atoms with Crippen LogP contribution >= 0.6 is 0 Å². The van der Waals surface area contributed by atoms with E-state index < -0.39 is 67.8 Å². The van der Waals surface area contributed by atoms with Crippen molar-refractivity contribution in [2.24, 2.45) is 11.8 Å². The molecular weight excluding hydrogens is 692 g/mol. The van der Waals surface area contributed by atoms with E-state index in [1.165, 1.54) is 7.11 Å². The van der Waals surface area contributed by atoms with Gasteiger partial charge in [-0.05, 0) is 36.0 Å². The van der Waals surface area contributed by atoms with Crippen LogP contribution in [-0.2, 0) is 30.1 Å². The van der Waals surface area contributed by atoms with Crippen LogP contribution in [0.5, 0.6) is 34.5 Å². The van der Waals surface area contributed by atoms with E-state index >= 15 is 0 Å². The molecule has 17 nitrogen and oxygen atoms in total. The molecule has 17 heteroatoms. The largest absolute Gasteiger partial charge is 0.493 e. The Morgan fingerprint density at radius 2 is 1.50 bits per heavy atom. The molecule has 1 aliphatic carbocycles. The maximum Gasteiger partial charge on any atom is 0.231 e. The Hall–Kier alpha value is -3.20. The Morgan fingerprint density at radius 1 is 0.788 bits per heavy atom. The van der Waals surface area contributed by atoms with E-state index in [0.717, 1.165) is 16.7 Å². The lowest BCUT2D eigenvalue weighted by atomic mass is 9.66. The summed E-state index contributed by atoms with van der Waals surface area (Å²) in [5.74, 6) is 1.85. The highest BCUT2D eigenvalue weighted by molar-refractivity contribution is 5.71. The van der Waals surface area contributed by atoms with Gasteiger partial charge in [-0.15, -0.1) is 0 Å². The van der Waals surface area contributed by atoms with Crippen molar-refractivity contribution in [3.63, 3.8) is 0 Å². The molecule has 2 fully saturated rings. The fraction of sp³-hybridized carbons (Fsp3) is 0.657. The fourth-order valence-corrected chi connectivity index (χ4v) is 7.58. The van der Waals surface area contributed by atoms with Gasteiger partial charge < -0.3 is 82.7 Å². The van der Waals surface area contributed by atoms with Gasteiger partial charge in [0, 0.05) is 24.2 Å². The number of ether oxygens (including phenoxy) is 11. The smallest absolute Gasteiger partial charge is 0.231 e. The van der Waals surface area contributed by atoms with Gasteiger partial charge in [0.25, 0.3) is 0 Å². The van der Waals surface area contributed by atoms with E-state index in [-0.39, 0.29) is 38.4 Å². The summed E-state index contributed by atoms with van der Waals surface area (Å²) >= 11 is 0. The fourth-order valence-electron chi connectivity index (χ4n) is 7.58. The average Bonchev–Trinajstić information content (AvgIpc) is 3.76. The summed E-state index contributed by atoms with van der Waals surface area (Å²) in [7, 11) is 7.77. The van der Waals surface area contributed by atoms with Gasteiger partial charge in [0.2, 0.25) is 18.3 Å². The zero-order valence-corrected chi connectivity index (χ0v) is 29.6. The predicted molar refractivity (Wildman–Crippen MR) is 176 cm³/mol. The molecule has 2 aromatic rings. The van der Waals surface area contributed by atoms with Crippen LogP contribution in [0.3, 0.4) is 0 Å². The van der Waals surface area contributed by atoms with Crippen LogP contribution in [0.1, 0.15) is 22.6 Å². The van der Waals surface area contributed by atoms with Gasteiger partial charge in [0.15, 0.2) is 35.6 Å². The van der Waals surface area contributed by atoms with E-state index in [2.05, 4.69) is 0 Å². The molecule has 6 rings (SSSR count). The van der Waals surface area contributed by atoms with E-state index in [0.29, 0.717) is 40.9 Å². The van der Waals surface area contributed by atoms with E-state index in [1.807, 2.05) is 18.2 Å². The third-order valence-corrected chi connectivity index (χ3v) is 10.4. The minimum absolute atomic E-state index is 0.0106. The van der Waals surface area contributed by atoms with E-state index in [9.17, 15) is 30.6 Å². The molecule has 11 unspecified atom stereocenters. The lowest BCUT2D eigenvalue weighted by Crippen LogP contribution is -2.60. The maximum atomic E-state index is 11.0. The van der Waals surface area contributed by atoms with Crippen LogP contribution in [-0.4, -0.2) is 155 Å². The van der Waals surface area contributed by atoms with Crippen molar-refractivity contribution in [2.45, 2.75) is 61.0 Å². The summed E-state index contributed by atoms with van der Waals surface area (Å²) in [5, 5.41) is 62.6. The van der Waals surface area contributed by atoms with Crippen molar-refractivity contribution < 1.29 is 82.7 Å². The number of hydrogen-bond donors (Lipinski definition) is 6. The first-order chi connectivity index (χ1) is 25.0. The third-order valence-electron chi connectivity index (χ3n) is 10.4. The summed E-state index contributed by atoms with van der Waals surface area (Å²) in [4.78, 5) is 0. The molecule has 0 saturated carbocycles. The van der Waals surface area contributed by atoms with Gasteiger partial charge in [-0.25, -0.2) is 0 Å². The predicted octanol–water partition coefficient (Wildman–Crippen LogP) is -0.702. The Bertz CT molecular complexity index is 1540. The minimum atomic E-state index is -1.92. The topological polar surface area (TPSA) is 223 Å². The van der Waals surface area contributed by atoms with Gasteiger partial charge in [0.05, 0.1) is 61.5 Å². The Balaban J connectivity index is 1.31. The van der Waals surface area contributed by atoms with Crippen molar-refractivity contribution in [1.82, 2.24) is 0 Å². The number of hydrogen-bond acceptors (Lipinski definition) is 17. The third kappa shape index (κ3) is 6.84. The van der Waals surface area contributed by atoms with Crippen molar-refractivity contribution in [3.05, 3.63) is 34.9 Å². The zero-order valence-electron chi connectivity index (χ0n) is 29.6. The highest BCUT2D eigenvalue weighted by Gasteiger charge is 2.51. The lowest BCUT2D eigenvalue weighted by Gasteiger charge is -2.43. The number of methoxy groups -OCH3 is 5. The molecule has 2 saturated heterocycles. The molecular formula is C35H48O17. The quantitative estimate of drug-likeness (QED) is 0.141. The second kappa shape index (κ2) is 16.0. The summed E-state index contributed by atoms with van der Waals surface area (Å²) < 4.78 is 63.6. The standard InChI is InChI=1S/C35H48O17/c1-42-11-19-17(10-47-33-27(39)26(38)25(37)22(52-33)12-48-34-32(40)35(41,13-36)14-49-34)8-18-24(23(19)16-6-7-20(43-2)21(9-16)44-3)29-31(51-15-50-29)30(46-5)28(18)45-4/h6-7,9,17,19,22-23,25-27,32-34,36-41H,8,10-15H2,1-5H3. The Morgan fingerprint density at radius 3 is 2.15 bits per heavy atom. The zero-order chi connectivity index (χ0) is 37.3. The van der Waals surface area contributed by atoms with Gasteiger partial charge in [0.1, 0.15) is 36.1 Å². The molecule has 0 bridgehead atoms. The maximum absolute atomic E-state index is 11.0. The first kappa shape index (κ1) is 38.5. The second-order valence-electron chi connectivity index (χ2n) is 13.3. The van der Waals surface area contributed by atoms with Crippen molar-refractivity contribution >= 4 is 0 Å². The summed E-state index contributed by atoms with van der Waals surface area (Å²) in [5.41, 5.74) is 0.541. The number of aliphatic hydroxyl groups excluding tert-OH is 5. The highest BCUT2D eigenvalue weighted by atomic mass is 16.7. The number of rotatable bonds is 14. The number of fused-ring (bicyclic) bond motifs is 3. The first-order valence-corrected chi connectivity index (χ1v) is 16.9. The SMILES string of the molecule is COCC1C(COC2OC(COC3OCC(O)(CO)C3O)C(O)C(O)C2O)Cc2c(OC)c(OC)c3c(c2C1c1ccc(OC)c(OC)c1)OCO3. The highest BCUT2D eigenvalue weighted by Crippen LogP contribution is 2.59. The van der Waals surface area contributed by atoms with Gasteiger partial charge >= 0.3 is 0 Å². The van der Waals surface area contributed by atoms with Crippen LogP contribution in [0.4, 0.5) is 0 Å². The van der Waals surface area contributed by atoms with Crippen LogP contribution in [0.25, 0.3) is 0 Å². The molecule has 2 aromatic carbocycles. The first-order valence-electron chi connectivity index (χ1n) is 16.9. The summed E-state index contributed by atoms with van der Waals surface area (Å²) in [6, 6.07) is 5.64. The van der Waals surface area contributed by atoms with Gasteiger partial charge in [-0.3, -0.25) is 0 Å². The molecule has 0 aromatic heterocycles. The van der Waals surface area contributed by atoms with Crippen molar-refractivity contribution in [1.29, 1.82) is 0 Å². The number of aliphatic hydroxyl groups is 6. The molecule has 0 amide bonds. The second-order valence-corrected chi connectivity index (χ2v) is 13.3. The Labute approximate surface area is 300 Å². The van der Waals surface area contributed by atoms with Crippen molar-refractivity contribution in [2.75, 3.05) is 75.4 Å². The minimum Gasteiger partial charge on any atom is -0.493 e. The van der Waals surface area contributed by atoms with Gasteiger partial charge in [-0.1, -0.05) is 6.07 Å². The van der Waals surface area contributed by atoms with Crippen LogP contribution in [0.2, 0.25) is 0 Å². The van der Waals surface area contributed by atoms with Gasteiger partial charge in [-0.2, -0.15) is 0 Å².